The SMILES string of the molecule is COc1ccc(C(=O)NCCN2CCN(C(=O)c3ccccc3Cl)CC2)cc1. The van der Waals surface area contributed by atoms with Crippen LogP contribution in [0.5, 0.6) is 5.75 Å². The molecule has 6 nitrogen and oxygen atoms in total. The van der Waals surface area contributed by atoms with Gasteiger partial charge in [-0.15, -0.1) is 0 Å². The van der Waals surface area contributed by atoms with Gasteiger partial charge in [-0.2, -0.15) is 0 Å². The van der Waals surface area contributed by atoms with Crippen LogP contribution in [0.1, 0.15) is 20.7 Å². The van der Waals surface area contributed by atoms with Crippen LogP contribution in [0.2, 0.25) is 5.02 Å². The van der Waals surface area contributed by atoms with E-state index >= 15 is 0 Å². The molecule has 0 spiro atoms. The van der Waals surface area contributed by atoms with Gasteiger partial charge in [0, 0.05) is 44.8 Å². The second-order valence-electron chi connectivity index (χ2n) is 6.60. The van der Waals surface area contributed by atoms with Crippen LogP contribution < -0.4 is 10.1 Å². The minimum atomic E-state index is -0.102. The summed E-state index contributed by atoms with van der Waals surface area (Å²) in [5.41, 5.74) is 1.15. The molecule has 1 saturated heterocycles. The molecule has 1 aliphatic rings. The molecule has 0 saturated carbocycles. The molecular formula is C21H24ClN3O3. The Morgan fingerprint density at radius 1 is 1.04 bits per heavy atom. The van der Waals surface area contributed by atoms with Crippen LogP contribution in [0.4, 0.5) is 0 Å². The summed E-state index contributed by atoms with van der Waals surface area (Å²) in [6.45, 7) is 4.15. The molecule has 1 aliphatic heterocycles. The molecule has 148 valence electrons. The number of methoxy groups -OCH3 is 1. The van der Waals surface area contributed by atoms with Gasteiger partial charge in [0.1, 0.15) is 5.75 Å². The largest absolute Gasteiger partial charge is 0.497 e. The molecule has 1 N–H and O–H groups in total. The molecule has 0 aliphatic carbocycles. The van der Waals surface area contributed by atoms with Crippen molar-refractivity contribution in [2.24, 2.45) is 0 Å². The number of piperazine rings is 1. The van der Waals surface area contributed by atoms with E-state index in [0.29, 0.717) is 35.8 Å². The molecule has 7 heteroatoms. The fourth-order valence-electron chi connectivity index (χ4n) is 3.15. The highest BCUT2D eigenvalue weighted by Crippen LogP contribution is 2.18. The van der Waals surface area contributed by atoms with Crippen molar-refractivity contribution in [3.63, 3.8) is 0 Å². The second-order valence-corrected chi connectivity index (χ2v) is 7.01. The number of halogens is 1. The van der Waals surface area contributed by atoms with Crippen LogP contribution in [0.25, 0.3) is 0 Å². The number of carbonyl (C=O) groups is 2. The first-order chi connectivity index (χ1) is 13.6. The van der Waals surface area contributed by atoms with E-state index < -0.39 is 0 Å². The molecule has 2 aromatic rings. The van der Waals surface area contributed by atoms with Crippen LogP contribution in [0.15, 0.2) is 48.5 Å². The summed E-state index contributed by atoms with van der Waals surface area (Å²) >= 11 is 6.13. The number of nitrogens with one attached hydrogen (secondary N) is 1. The summed E-state index contributed by atoms with van der Waals surface area (Å²) in [5.74, 6) is 0.592. The Balaban J connectivity index is 1.41. The lowest BCUT2D eigenvalue weighted by Crippen LogP contribution is -2.50. The highest BCUT2D eigenvalue weighted by atomic mass is 35.5. The Hall–Kier alpha value is -2.57. The second kappa shape index (κ2) is 9.57. The third kappa shape index (κ3) is 5.03. The normalized spacial score (nSPS) is 14.6. The van der Waals surface area contributed by atoms with Crippen LogP contribution in [-0.4, -0.2) is 68.0 Å². The first-order valence-corrected chi connectivity index (χ1v) is 9.64. The predicted molar refractivity (Wildman–Crippen MR) is 109 cm³/mol. The molecule has 1 fully saturated rings. The summed E-state index contributed by atoms with van der Waals surface area (Å²) < 4.78 is 5.10. The smallest absolute Gasteiger partial charge is 0.255 e. The summed E-state index contributed by atoms with van der Waals surface area (Å²) in [4.78, 5) is 28.8. The van der Waals surface area contributed by atoms with Gasteiger partial charge in [0.25, 0.3) is 11.8 Å². The van der Waals surface area contributed by atoms with Crippen molar-refractivity contribution in [1.29, 1.82) is 0 Å². The van der Waals surface area contributed by atoms with Gasteiger partial charge in [0.05, 0.1) is 17.7 Å². The van der Waals surface area contributed by atoms with Crippen LogP contribution in [0.3, 0.4) is 0 Å². The first kappa shape index (κ1) is 20.2. The number of amides is 2. The van der Waals surface area contributed by atoms with Crippen molar-refractivity contribution >= 4 is 23.4 Å². The van der Waals surface area contributed by atoms with Crippen molar-refractivity contribution in [2.45, 2.75) is 0 Å². The van der Waals surface area contributed by atoms with Crippen LogP contribution >= 0.6 is 11.6 Å². The summed E-state index contributed by atoms with van der Waals surface area (Å²) in [6.07, 6.45) is 0. The Bertz CT molecular complexity index is 818. The molecule has 2 aromatic carbocycles. The van der Waals surface area contributed by atoms with Gasteiger partial charge in [0.2, 0.25) is 0 Å². The molecule has 0 unspecified atom stereocenters. The minimum absolute atomic E-state index is 0.0296. The average Bonchev–Trinajstić information content (AvgIpc) is 2.74. The number of benzene rings is 2. The Kier molecular flexibility index (Phi) is 6.90. The van der Waals surface area contributed by atoms with E-state index in [4.69, 9.17) is 16.3 Å². The van der Waals surface area contributed by atoms with E-state index in [9.17, 15) is 9.59 Å². The Morgan fingerprint density at radius 3 is 2.36 bits per heavy atom. The van der Waals surface area contributed by atoms with Crippen molar-refractivity contribution in [1.82, 2.24) is 15.1 Å². The van der Waals surface area contributed by atoms with Gasteiger partial charge in [-0.1, -0.05) is 23.7 Å². The highest BCUT2D eigenvalue weighted by molar-refractivity contribution is 6.33. The van der Waals surface area contributed by atoms with E-state index in [1.807, 2.05) is 17.0 Å². The minimum Gasteiger partial charge on any atom is -0.497 e. The topological polar surface area (TPSA) is 61.9 Å². The number of hydrogen-bond acceptors (Lipinski definition) is 4. The summed E-state index contributed by atoms with van der Waals surface area (Å²) in [7, 11) is 1.59. The molecule has 0 atom stereocenters. The molecule has 3 rings (SSSR count). The van der Waals surface area contributed by atoms with Crippen molar-refractivity contribution in [3.8, 4) is 5.75 Å². The number of nitrogens with zero attached hydrogens (tertiary/aromatic N) is 2. The quantitative estimate of drug-likeness (QED) is 0.808. The monoisotopic (exact) mass is 401 g/mol. The van der Waals surface area contributed by atoms with Gasteiger partial charge in [-0.3, -0.25) is 14.5 Å². The Morgan fingerprint density at radius 2 is 1.71 bits per heavy atom. The predicted octanol–water partition coefficient (Wildman–Crippen LogP) is 2.54. The number of carbonyl (C=O) groups excluding carboxylic acids is 2. The maximum atomic E-state index is 12.6. The summed E-state index contributed by atoms with van der Waals surface area (Å²) in [5, 5.41) is 3.41. The number of hydrogen-bond donors (Lipinski definition) is 1. The lowest BCUT2D eigenvalue weighted by atomic mass is 10.2. The average molecular weight is 402 g/mol. The summed E-state index contributed by atoms with van der Waals surface area (Å²) in [6, 6.07) is 14.1. The maximum Gasteiger partial charge on any atom is 0.255 e. The van der Waals surface area contributed by atoms with Gasteiger partial charge in [-0.05, 0) is 36.4 Å². The zero-order valence-corrected chi connectivity index (χ0v) is 16.6. The first-order valence-electron chi connectivity index (χ1n) is 9.27. The van der Waals surface area contributed by atoms with E-state index in [-0.39, 0.29) is 11.8 Å². The van der Waals surface area contributed by atoms with E-state index in [1.54, 1.807) is 43.5 Å². The third-order valence-electron chi connectivity index (χ3n) is 4.83. The van der Waals surface area contributed by atoms with Crippen LogP contribution in [-0.2, 0) is 0 Å². The fraction of sp³-hybridized carbons (Fsp3) is 0.333. The standard InChI is InChI=1S/C21H24ClN3O3/c1-28-17-8-6-16(7-9-17)20(26)23-10-11-24-12-14-25(15-13-24)21(27)18-4-2-3-5-19(18)22/h2-9H,10-15H2,1H3,(H,23,26). The molecule has 0 bridgehead atoms. The lowest BCUT2D eigenvalue weighted by molar-refractivity contribution is 0.0638. The number of rotatable bonds is 6. The van der Waals surface area contributed by atoms with Crippen molar-refractivity contribution < 1.29 is 14.3 Å². The van der Waals surface area contributed by atoms with Crippen molar-refractivity contribution in [3.05, 3.63) is 64.7 Å². The molecule has 0 aromatic heterocycles. The maximum absolute atomic E-state index is 12.6. The Labute approximate surface area is 170 Å². The molecule has 2 amide bonds. The fourth-order valence-corrected chi connectivity index (χ4v) is 3.37. The molecule has 1 heterocycles. The van der Waals surface area contributed by atoms with Gasteiger partial charge in [-0.25, -0.2) is 0 Å². The van der Waals surface area contributed by atoms with E-state index in [1.165, 1.54) is 0 Å². The lowest BCUT2D eigenvalue weighted by Gasteiger charge is -2.34. The number of ether oxygens (including phenoxy) is 1. The molecule has 0 radical (unpaired) electrons. The zero-order chi connectivity index (χ0) is 19.9. The van der Waals surface area contributed by atoms with Crippen LogP contribution in [0, 0.1) is 0 Å². The molecule has 28 heavy (non-hydrogen) atoms. The van der Waals surface area contributed by atoms with Gasteiger partial charge in [0.15, 0.2) is 0 Å². The van der Waals surface area contributed by atoms with E-state index in [2.05, 4.69) is 10.2 Å². The van der Waals surface area contributed by atoms with E-state index in [0.717, 1.165) is 25.4 Å². The highest BCUT2D eigenvalue weighted by Gasteiger charge is 2.23. The van der Waals surface area contributed by atoms with Gasteiger partial charge < -0.3 is 15.0 Å². The van der Waals surface area contributed by atoms with Crippen molar-refractivity contribution in [2.75, 3.05) is 46.4 Å². The third-order valence-corrected chi connectivity index (χ3v) is 5.16. The molecular weight excluding hydrogens is 378 g/mol. The zero-order valence-electron chi connectivity index (χ0n) is 15.9. The van der Waals surface area contributed by atoms with Gasteiger partial charge >= 0.3 is 0 Å².